The molecule has 1 amide bonds. The highest BCUT2D eigenvalue weighted by atomic mass is 19.4. The SMILES string of the molecule is CC(=O)Nc1cc(-c2c(Nc3ccccc3)c3c(n2C(=O)C(C)C(F)(F)F)CNCC3=O)ccn1. The van der Waals surface area contributed by atoms with Crippen molar-refractivity contribution < 1.29 is 27.6 Å². The number of amides is 1. The van der Waals surface area contributed by atoms with E-state index >= 15 is 0 Å². The Morgan fingerprint density at radius 3 is 2.51 bits per heavy atom. The van der Waals surface area contributed by atoms with E-state index in [-0.39, 0.29) is 47.3 Å². The van der Waals surface area contributed by atoms with Crippen molar-refractivity contribution in [2.24, 2.45) is 5.92 Å². The van der Waals surface area contributed by atoms with Crippen LogP contribution in [0.25, 0.3) is 11.3 Å². The van der Waals surface area contributed by atoms with E-state index in [1.165, 1.54) is 25.3 Å². The van der Waals surface area contributed by atoms with Crippen LogP contribution in [0.4, 0.5) is 30.4 Å². The molecule has 35 heavy (non-hydrogen) atoms. The molecule has 0 spiro atoms. The normalized spacial score (nSPS) is 14.3. The summed E-state index contributed by atoms with van der Waals surface area (Å²) >= 11 is 0. The Morgan fingerprint density at radius 1 is 1.14 bits per heavy atom. The van der Waals surface area contributed by atoms with Crippen molar-refractivity contribution in [2.45, 2.75) is 26.6 Å². The number of pyridine rings is 1. The highest BCUT2D eigenvalue weighted by Crippen LogP contribution is 2.41. The number of aromatic nitrogens is 2. The number of anilines is 3. The van der Waals surface area contributed by atoms with Crippen LogP contribution in [-0.2, 0) is 11.3 Å². The Morgan fingerprint density at radius 2 is 1.86 bits per heavy atom. The third kappa shape index (κ3) is 4.80. The number of benzene rings is 1. The first kappa shape index (κ1) is 24.1. The van der Waals surface area contributed by atoms with E-state index in [9.17, 15) is 27.6 Å². The zero-order valence-corrected chi connectivity index (χ0v) is 18.9. The number of para-hydroxylation sites is 1. The van der Waals surface area contributed by atoms with Gasteiger partial charge in [0.1, 0.15) is 11.7 Å². The van der Waals surface area contributed by atoms with Gasteiger partial charge in [-0.25, -0.2) is 4.98 Å². The van der Waals surface area contributed by atoms with Gasteiger partial charge in [-0.1, -0.05) is 18.2 Å². The Balaban J connectivity index is 2.02. The number of nitrogens with zero attached hydrogens (tertiary/aromatic N) is 2. The predicted molar refractivity (Wildman–Crippen MR) is 124 cm³/mol. The van der Waals surface area contributed by atoms with Crippen LogP contribution in [-0.4, -0.2) is 39.9 Å². The average molecular weight is 485 g/mol. The van der Waals surface area contributed by atoms with E-state index in [2.05, 4.69) is 20.9 Å². The second-order valence-electron chi connectivity index (χ2n) is 8.11. The molecule has 1 atom stereocenters. The standard InChI is InChI=1S/C24H22F3N5O3/c1-13(24(25,26)27)23(35)32-17-11-28-12-18(34)20(17)21(31-16-6-4-3-5-7-16)22(32)15-8-9-29-19(10-15)30-14(2)33/h3-10,13,28,31H,11-12H2,1-2H3,(H,29,30,33). The maximum atomic E-state index is 13.6. The van der Waals surface area contributed by atoms with Crippen LogP contribution in [0, 0.1) is 5.92 Å². The summed E-state index contributed by atoms with van der Waals surface area (Å²) < 4.78 is 41.8. The van der Waals surface area contributed by atoms with Gasteiger partial charge in [0.25, 0.3) is 0 Å². The van der Waals surface area contributed by atoms with Crippen LogP contribution in [0.2, 0.25) is 0 Å². The minimum atomic E-state index is -4.79. The molecular weight excluding hydrogens is 463 g/mol. The average Bonchev–Trinajstić information content (AvgIpc) is 3.13. The predicted octanol–water partition coefficient (Wildman–Crippen LogP) is 4.38. The number of rotatable bonds is 5. The number of carbonyl (C=O) groups is 3. The Hall–Kier alpha value is -3.99. The van der Waals surface area contributed by atoms with Gasteiger partial charge in [0, 0.05) is 30.9 Å². The summed E-state index contributed by atoms with van der Waals surface area (Å²) in [4.78, 5) is 41.9. The molecule has 8 nitrogen and oxygen atoms in total. The lowest BCUT2D eigenvalue weighted by atomic mass is 10.0. The zero-order valence-electron chi connectivity index (χ0n) is 18.9. The second-order valence-corrected chi connectivity index (χ2v) is 8.11. The lowest BCUT2D eigenvalue weighted by molar-refractivity contribution is -0.157. The molecule has 4 rings (SSSR count). The van der Waals surface area contributed by atoms with Gasteiger partial charge in [-0.05, 0) is 31.2 Å². The topological polar surface area (TPSA) is 105 Å². The number of alkyl halides is 3. The van der Waals surface area contributed by atoms with Gasteiger partial charge in [0.15, 0.2) is 5.78 Å². The first-order valence-electron chi connectivity index (χ1n) is 10.8. The van der Waals surface area contributed by atoms with Gasteiger partial charge in [0.2, 0.25) is 11.8 Å². The summed E-state index contributed by atoms with van der Waals surface area (Å²) in [5.74, 6) is -4.16. The van der Waals surface area contributed by atoms with Crippen LogP contribution < -0.4 is 16.0 Å². The number of fused-ring (bicyclic) bond motifs is 1. The molecule has 0 fully saturated rings. The summed E-state index contributed by atoms with van der Waals surface area (Å²) in [6.07, 6.45) is -3.43. The maximum absolute atomic E-state index is 13.6. The Kier molecular flexibility index (Phi) is 6.44. The van der Waals surface area contributed by atoms with Crippen LogP contribution >= 0.6 is 0 Å². The van der Waals surface area contributed by atoms with E-state index in [1.807, 2.05) is 0 Å². The Bertz CT molecular complexity index is 1300. The van der Waals surface area contributed by atoms with Gasteiger partial charge in [-0.15, -0.1) is 0 Å². The molecule has 0 radical (unpaired) electrons. The molecule has 11 heteroatoms. The second kappa shape index (κ2) is 9.34. The molecular formula is C24H22F3N5O3. The third-order valence-electron chi connectivity index (χ3n) is 5.59. The number of halogens is 3. The molecule has 2 aromatic heterocycles. The van der Waals surface area contributed by atoms with E-state index in [0.29, 0.717) is 11.3 Å². The number of Topliss-reactive ketones (excluding diaryl/α,β-unsaturated/α-hetero) is 1. The smallest absolute Gasteiger partial charge is 0.353 e. The molecule has 1 aliphatic heterocycles. The molecule has 0 aliphatic carbocycles. The van der Waals surface area contributed by atoms with Crippen molar-refractivity contribution in [2.75, 3.05) is 17.2 Å². The van der Waals surface area contributed by atoms with E-state index in [1.54, 1.807) is 30.3 Å². The summed E-state index contributed by atoms with van der Waals surface area (Å²) in [7, 11) is 0. The first-order chi connectivity index (χ1) is 16.6. The highest BCUT2D eigenvalue weighted by Gasteiger charge is 2.44. The number of nitrogens with one attached hydrogen (secondary N) is 3. The molecule has 3 aromatic rings. The van der Waals surface area contributed by atoms with Gasteiger partial charge >= 0.3 is 6.18 Å². The molecule has 0 saturated carbocycles. The lowest BCUT2D eigenvalue weighted by Crippen LogP contribution is -2.36. The largest absolute Gasteiger partial charge is 0.400 e. The number of carbonyl (C=O) groups excluding carboxylic acids is 3. The summed E-state index contributed by atoms with van der Waals surface area (Å²) in [5, 5.41) is 8.51. The maximum Gasteiger partial charge on any atom is 0.400 e. The number of ketones is 1. The zero-order chi connectivity index (χ0) is 25.3. The van der Waals surface area contributed by atoms with Gasteiger partial charge in [-0.2, -0.15) is 13.2 Å². The summed E-state index contributed by atoms with van der Waals surface area (Å²) in [5.41, 5.74) is 1.43. The fourth-order valence-electron chi connectivity index (χ4n) is 3.94. The number of hydrogen-bond acceptors (Lipinski definition) is 6. The molecule has 0 bridgehead atoms. The van der Waals surface area contributed by atoms with E-state index in [0.717, 1.165) is 11.5 Å². The third-order valence-corrected chi connectivity index (χ3v) is 5.59. The van der Waals surface area contributed by atoms with Crippen molar-refractivity contribution in [3.63, 3.8) is 0 Å². The van der Waals surface area contributed by atoms with Crippen molar-refractivity contribution in [3.05, 3.63) is 59.9 Å². The van der Waals surface area contributed by atoms with Crippen molar-refractivity contribution in [1.82, 2.24) is 14.9 Å². The van der Waals surface area contributed by atoms with E-state index in [4.69, 9.17) is 0 Å². The van der Waals surface area contributed by atoms with Crippen LogP contribution in [0.5, 0.6) is 0 Å². The molecule has 3 heterocycles. The van der Waals surface area contributed by atoms with Gasteiger partial charge < -0.3 is 16.0 Å². The first-order valence-corrected chi connectivity index (χ1v) is 10.8. The molecule has 1 aromatic carbocycles. The quantitative estimate of drug-likeness (QED) is 0.496. The van der Waals surface area contributed by atoms with Crippen LogP contribution in [0.15, 0.2) is 48.7 Å². The van der Waals surface area contributed by atoms with Crippen molar-refractivity contribution in [3.8, 4) is 11.3 Å². The van der Waals surface area contributed by atoms with Gasteiger partial charge in [0.05, 0.1) is 29.2 Å². The molecule has 1 unspecified atom stereocenters. The lowest BCUT2D eigenvalue weighted by Gasteiger charge is -2.20. The molecule has 182 valence electrons. The summed E-state index contributed by atoms with van der Waals surface area (Å²) in [6, 6.07) is 11.7. The Labute approximate surface area is 198 Å². The van der Waals surface area contributed by atoms with Crippen molar-refractivity contribution >= 4 is 34.8 Å². The summed E-state index contributed by atoms with van der Waals surface area (Å²) in [6.45, 7) is 2.06. The minimum absolute atomic E-state index is 0.0183. The molecule has 0 saturated heterocycles. The fraction of sp³-hybridized carbons (Fsp3) is 0.250. The minimum Gasteiger partial charge on any atom is -0.353 e. The fourth-order valence-corrected chi connectivity index (χ4v) is 3.94. The number of hydrogen-bond donors (Lipinski definition) is 3. The highest BCUT2D eigenvalue weighted by molar-refractivity contribution is 6.11. The van der Waals surface area contributed by atoms with Crippen LogP contribution in [0.3, 0.4) is 0 Å². The van der Waals surface area contributed by atoms with Crippen LogP contribution in [0.1, 0.15) is 34.7 Å². The molecule has 1 aliphatic rings. The molecule has 3 N–H and O–H groups in total. The van der Waals surface area contributed by atoms with Crippen molar-refractivity contribution in [1.29, 1.82) is 0 Å². The van der Waals surface area contributed by atoms with Gasteiger partial charge in [-0.3, -0.25) is 19.0 Å². The van der Waals surface area contributed by atoms with E-state index < -0.39 is 23.9 Å². The monoisotopic (exact) mass is 485 g/mol.